The van der Waals surface area contributed by atoms with E-state index in [1.807, 2.05) is 0 Å². The van der Waals surface area contributed by atoms with Crippen LogP contribution in [0.1, 0.15) is 30.1 Å². The Labute approximate surface area is 92.0 Å². The van der Waals surface area contributed by atoms with Crippen molar-refractivity contribution in [2.75, 3.05) is 6.61 Å². The molecular formula is C11H14F2O3. The summed E-state index contributed by atoms with van der Waals surface area (Å²) in [7, 11) is 0. The molecule has 1 aromatic carbocycles. The van der Waals surface area contributed by atoms with Gasteiger partial charge in [-0.3, -0.25) is 0 Å². The molecule has 0 fully saturated rings. The Hall–Kier alpha value is -1.04. The van der Waals surface area contributed by atoms with Crippen LogP contribution in [0.3, 0.4) is 0 Å². The van der Waals surface area contributed by atoms with Crippen LogP contribution in [-0.4, -0.2) is 28.0 Å². The summed E-state index contributed by atoms with van der Waals surface area (Å²) in [6.07, 6.45) is -4.77. The van der Waals surface area contributed by atoms with Crippen LogP contribution >= 0.6 is 0 Å². The lowest BCUT2D eigenvalue weighted by Crippen LogP contribution is -2.19. The zero-order valence-corrected chi connectivity index (χ0v) is 8.55. The van der Waals surface area contributed by atoms with E-state index in [4.69, 9.17) is 5.11 Å². The van der Waals surface area contributed by atoms with Gasteiger partial charge in [0.25, 0.3) is 6.43 Å². The number of rotatable bonds is 5. The monoisotopic (exact) mass is 232 g/mol. The number of aliphatic hydroxyl groups excluding tert-OH is 3. The Balaban J connectivity index is 2.73. The van der Waals surface area contributed by atoms with E-state index < -0.39 is 18.6 Å². The van der Waals surface area contributed by atoms with E-state index in [1.165, 1.54) is 24.3 Å². The molecule has 0 radical (unpaired) electrons. The molecule has 5 heteroatoms. The summed E-state index contributed by atoms with van der Waals surface area (Å²) in [5, 5.41) is 27.6. The first-order chi connectivity index (χ1) is 7.56. The second-order valence-corrected chi connectivity index (χ2v) is 3.49. The lowest BCUT2D eigenvalue weighted by Gasteiger charge is -2.17. The Morgan fingerprint density at radius 2 is 1.50 bits per heavy atom. The van der Waals surface area contributed by atoms with Crippen molar-refractivity contribution in [3.8, 4) is 0 Å². The summed E-state index contributed by atoms with van der Waals surface area (Å²) in [5.41, 5.74) is 0.220. The van der Waals surface area contributed by atoms with E-state index in [0.29, 0.717) is 5.56 Å². The smallest absolute Gasteiger partial charge is 0.263 e. The predicted molar refractivity (Wildman–Crippen MR) is 54.1 cm³/mol. The number of alkyl halides is 2. The predicted octanol–water partition coefficient (Wildman–Crippen LogP) is 1.40. The van der Waals surface area contributed by atoms with Gasteiger partial charge in [0.15, 0.2) is 0 Å². The Kier molecular flexibility index (Phi) is 4.79. The van der Waals surface area contributed by atoms with Crippen molar-refractivity contribution in [2.24, 2.45) is 0 Å². The minimum Gasteiger partial charge on any atom is -0.396 e. The molecule has 0 aliphatic heterocycles. The van der Waals surface area contributed by atoms with E-state index in [9.17, 15) is 19.0 Å². The Morgan fingerprint density at radius 3 is 1.94 bits per heavy atom. The van der Waals surface area contributed by atoms with E-state index in [1.54, 1.807) is 0 Å². The largest absolute Gasteiger partial charge is 0.396 e. The molecule has 0 saturated heterocycles. The van der Waals surface area contributed by atoms with Gasteiger partial charge in [0.1, 0.15) is 6.10 Å². The normalized spacial score (nSPS) is 15.1. The van der Waals surface area contributed by atoms with Gasteiger partial charge in [0.2, 0.25) is 0 Å². The maximum atomic E-state index is 12.2. The maximum Gasteiger partial charge on any atom is 0.263 e. The van der Waals surface area contributed by atoms with Crippen LogP contribution in [0.2, 0.25) is 0 Å². The molecule has 2 atom stereocenters. The number of halogens is 2. The van der Waals surface area contributed by atoms with Gasteiger partial charge in [-0.1, -0.05) is 24.3 Å². The number of hydrogen-bond acceptors (Lipinski definition) is 3. The van der Waals surface area contributed by atoms with Gasteiger partial charge >= 0.3 is 0 Å². The molecule has 0 spiro atoms. The molecule has 0 aliphatic rings. The minimum absolute atomic E-state index is 0.0394. The molecule has 3 N–H and O–H groups in total. The van der Waals surface area contributed by atoms with Crippen molar-refractivity contribution >= 4 is 0 Å². The third-order valence-electron chi connectivity index (χ3n) is 2.32. The number of aliphatic hydroxyl groups is 3. The highest BCUT2D eigenvalue weighted by Crippen LogP contribution is 2.23. The molecule has 1 aromatic rings. The molecule has 0 amide bonds. The summed E-state index contributed by atoms with van der Waals surface area (Å²) in [6, 6.07) is 5.09. The fraction of sp³-hybridized carbons (Fsp3) is 0.455. The lowest BCUT2D eigenvalue weighted by molar-refractivity contribution is 0.00418. The van der Waals surface area contributed by atoms with E-state index >= 15 is 0 Å². The van der Waals surface area contributed by atoms with Crippen LogP contribution in [0.5, 0.6) is 0 Å². The van der Waals surface area contributed by atoms with E-state index in [0.717, 1.165) is 0 Å². The van der Waals surface area contributed by atoms with Crippen molar-refractivity contribution in [1.29, 1.82) is 0 Å². The third-order valence-corrected chi connectivity index (χ3v) is 2.32. The van der Waals surface area contributed by atoms with Crippen molar-refractivity contribution < 1.29 is 24.1 Å². The van der Waals surface area contributed by atoms with E-state index in [2.05, 4.69) is 0 Å². The molecule has 0 bridgehead atoms. The van der Waals surface area contributed by atoms with Gasteiger partial charge in [-0.15, -0.1) is 0 Å². The fourth-order valence-electron chi connectivity index (χ4n) is 1.35. The zero-order chi connectivity index (χ0) is 12.1. The highest BCUT2D eigenvalue weighted by Gasteiger charge is 2.18. The van der Waals surface area contributed by atoms with Gasteiger partial charge < -0.3 is 15.3 Å². The first-order valence-electron chi connectivity index (χ1n) is 4.91. The summed E-state index contributed by atoms with van der Waals surface area (Å²) in [5.74, 6) is 0. The molecule has 0 saturated carbocycles. The number of benzene rings is 1. The average Bonchev–Trinajstić information content (AvgIpc) is 2.28. The molecule has 16 heavy (non-hydrogen) atoms. The highest BCUT2D eigenvalue weighted by atomic mass is 19.3. The van der Waals surface area contributed by atoms with Crippen molar-refractivity contribution in [2.45, 2.75) is 25.1 Å². The van der Waals surface area contributed by atoms with Crippen molar-refractivity contribution in [3.63, 3.8) is 0 Å². The van der Waals surface area contributed by atoms with Crippen molar-refractivity contribution in [1.82, 2.24) is 0 Å². The fourth-order valence-corrected chi connectivity index (χ4v) is 1.35. The SMILES string of the molecule is OCCC(O)C(O)c1ccc(C(F)F)cc1. The zero-order valence-electron chi connectivity index (χ0n) is 8.55. The molecule has 1 rings (SSSR count). The van der Waals surface area contributed by atoms with Gasteiger partial charge in [-0.2, -0.15) is 0 Å². The quantitative estimate of drug-likeness (QED) is 0.719. The summed E-state index contributed by atoms with van der Waals surface area (Å²) >= 11 is 0. The summed E-state index contributed by atoms with van der Waals surface area (Å²) in [6.45, 7) is -0.243. The molecule has 0 heterocycles. The Morgan fingerprint density at radius 1 is 1.00 bits per heavy atom. The Bertz CT molecular complexity index is 314. The molecule has 0 aromatic heterocycles. The van der Waals surface area contributed by atoms with Gasteiger partial charge in [0.05, 0.1) is 6.10 Å². The molecular weight excluding hydrogens is 218 g/mol. The average molecular weight is 232 g/mol. The van der Waals surface area contributed by atoms with E-state index in [-0.39, 0.29) is 18.6 Å². The van der Waals surface area contributed by atoms with Crippen LogP contribution < -0.4 is 0 Å². The minimum atomic E-state index is -2.55. The molecule has 90 valence electrons. The summed E-state index contributed by atoms with van der Waals surface area (Å²) in [4.78, 5) is 0. The molecule has 0 aliphatic carbocycles. The topological polar surface area (TPSA) is 60.7 Å². The standard InChI is InChI=1S/C11H14F2O3/c12-11(13)8-3-1-7(2-4-8)10(16)9(15)5-6-14/h1-4,9-11,14-16H,5-6H2. The lowest BCUT2D eigenvalue weighted by atomic mass is 10.0. The van der Waals surface area contributed by atoms with Crippen molar-refractivity contribution in [3.05, 3.63) is 35.4 Å². The molecule has 2 unspecified atom stereocenters. The first kappa shape index (κ1) is 13.0. The van der Waals surface area contributed by atoms with Crippen LogP contribution in [0.15, 0.2) is 24.3 Å². The summed E-state index contributed by atoms with van der Waals surface area (Å²) < 4.78 is 24.5. The maximum absolute atomic E-state index is 12.2. The van der Waals surface area contributed by atoms with Gasteiger partial charge in [-0.05, 0) is 12.0 Å². The van der Waals surface area contributed by atoms with Crippen LogP contribution in [-0.2, 0) is 0 Å². The van der Waals surface area contributed by atoms with Crippen LogP contribution in [0.4, 0.5) is 8.78 Å². The van der Waals surface area contributed by atoms with Gasteiger partial charge in [0, 0.05) is 12.2 Å². The third kappa shape index (κ3) is 3.23. The molecule has 3 nitrogen and oxygen atoms in total. The first-order valence-corrected chi connectivity index (χ1v) is 4.91. The van der Waals surface area contributed by atoms with Crippen LogP contribution in [0.25, 0.3) is 0 Å². The second kappa shape index (κ2) is 5.89. The number of hydrogen-bond donors (Lipinski definition) is 3. The second-order valence-electron chi connectivity index (χ2n) is 3.49. The highest BCUT2D eigenvalue weighted by molar-refractivity contribution is 5.25. The van der Waals surface area contributed by atoms with Gasteiger partial charge in [-0.25, -0.2) is 8.78 Å². The van der Waals surface area contributed by atoms with Crippen LogP contribution in [0, 0.1) is 0 Å².